The fraction of sp³-hybridized carbons (Fsp3) is 0.500. The van der Waals surface area contributed by atoms with E-state index < -0.39 is 0 Å². The van der Waals surface area contributed by atoms with Gasteiger partial charge in [0.05, 0.1) is 0 Å². The molecule has 2 atom stereocenters. The van der Waals surface area contributed by atoms with Gasteiger partial charge in [0.1, 0.15) is 0 Å². The number of nitrogens with two attached hydrogens (primary N) is 2. The molecule has 0 aliphatic heterocycles. The average molecular weight is 192 g/mol. The van der Waals surface area contributed by atoms with E-state index >= 15 is 0 Å². The van der Waals surface area contributed by atoms with Crippen molar-refractivity contribution >= 4 is 0 Å². The van der Waals surface area contributed by atoms with E-state index in [1.165, 1.54) is 11.1 Å². The lowest BCUT2D eigenvalue weighted by molar-refractivity contribution is 0.427. The Bertz CT molecular complexity index is 279. The fourth-order valence-electron chi connectivity index (χ4n) is 1.78. The number of aryl methyl sites for hydroxylation is 1. The van der Waals surface area contributed by atoms with Crippen LogP contribution in [0, 0.1) is 12.8 Å². The Morgan fingerprint density at radius 2 is 1.93 bits per heavy atom. The van der Waals surface area contributed by atoms with Crippen LogP contribution >= 0.6 is 0 Å². The van der Waals surface area contributed by atoms with Crippen LogP contribution in [0.25, 0.3) is 0 Å². The highest BCUT2D eigenvalue weighted by molar-refractivity contribution is 5.28. The number of rotatable bonds is 4. The minimum absolute atomic E-state index is 0.0752. The smallest absolute Gasteiger partial charge is 0.0338 e. The van der Waals surface area contributed by atoms with Crippen LogP contribution in [-0.4, -0.2) is 6.54 Å². The minimum Gasteiger partial charge on any atom is -0.330 e. The first kappa shape index (κ1) is 11.2. The van der Waals surface area contributed by atoms with Gasteiger partial charge in [-0.05, 0) is 30.5 Å². The molecule has 78 valence electrons. The Kier molecular flexibility index (Phi) is 4.11. The summed E-state index contributed by atoms with van der Waals surface area (Å²) in [5, 5.41) is 0. The minimum atomic E-state index is 0.0752. The average Bonchev–Trinajstić information content (AvgIpc) is 2.20. The van der Waals surface area contributed by atoms with Crippen LogP contribution in [0.1, 0.15) is 30.5 Å². The molecule has 1 rings (SSSR count). The zero-order chi connectivity index (χ0) is 10.6. The van der Waals surface area contributed by atoms with E-state index in [0.29, 0.717) is 12.5 Å². The van der Waals surface area contributed by atoms with Crippen LogP contribution in [0.2, 0.25) is 0 Å². The van der Waals surface area contributed by atoms with Crippen molar-refractivity contribution in [3.63, 3.8) is 0 Å². The van der Waals surface area contributed by atoms with Crippen molar-refractivity contribution in [1.82, 2.24) is 0 Å². The molecular weight excluding hydrogens is 172 g/mol. The van der Waals surface area contributed by atoms with Gasteiger partial charge in [0.15, 0.2) is 0 Å². The molecule has 0 fully saturated rings. The molecule has 0 aliphatic rings. The molecule has 2 unspecified atom stereocenters. The number of hydrogen-bond donors (Lipinski definition) is 2. The SMILES string of the molecule is CCC(CN)C(N)c1ccccc1C. The van der Waals surface area contributed by atoms with Crippen molar-refractivity contribution in [1.29, 1.82) is 0 Å². The lowest BCUT2D eigenvalue weighted by Crippen LogP contribution is -2.27. The van der Waals surface area contributed by atoms with E-state index in [4.69, 9.17) is 11.5 Å². The Morgan fingerprint density at radius 1 is 1.29 bits per heavy atom. The van der Waals surface area contributed by atoms with Crippen LogP contribution in [0.3, 0.4) is 0 Å². The molecule has 0 saturated heterocycles. The third-order valence-corrected chi connectivity index (χ3v) is 2.88. The first-order chi connectivity index (χ1) is 6.70. The Labute approximate surface area is 86.3 Å². The molecule has 0 amide bonds. The molecule has 0 heterocycles. The monoisotopic (exact) mass is 192 g/mol. The first-order valence-electron chi connectivity index (χ1n) is 5.21. The van der Waals surface area contributed by atoms with Gasteiger partial charge in [-0.15, -0.1) is 0 Å². The molecule has 0 saturated carbocycles. The van der Waals surface area contributed by atoms with E-state index in [0.717, 1.165) is 6.42 Å². The third kappa shape index (κ3) is 2.34. The van der Waals surface area contributed by atoms with Crippen LogP contribution in [0.4, 0.5) is 0 Å². The lowest BCUT2D eigenvalue weighted by Gasteiger charge is -2.22. The van der Waals surface area contributed by atoms with Gasteiger partial charge in [-0.1, -0.05) is 37.6 Å². The largest absolute Gasteiger partial charge is 0.330 e. The van der Waals surface area contributed by atoms with Gasteiger partial charge in [0, 0.05) is 6.04 Å². The van der Waals surface area contributed by atoms with E-state index in [1.807, 2.05) is 12.1 Å². The van der Waals surface area contributed by atoms with Crippen molar-refractivity contribution in [2.24, 2.45) is 17.4 Å². The predicted octanol–water partition coefficient (Wildman–Crippen LogP) is 1.98. The molecule has 0 aliphatic carbocycles. The van der Waals surface area contributed by atoms with Crippen LogP contribution in [0.5, 0.6) is 0 Å². The fourth-order valence-corrected chi connectivity index (χ4v) is 1.78. The molecule has 0 spiro atoms. The van der Waals surface area contributed by atoms with Crippen LogP contribution < -0.4 is 11.5 Å². The van der Waals surface area contributed by atoms with E-state index in [-0.39, 0.29) is 6.04 Å². The molecule has 0 aromatic heterocycles. The van der Waals surface area contributed by atoms with Crippen LogP contribution in [0.15, 0.2) is 24.3 Å². The van der Waals surface area contributed by atoms with E-state index in [1.54, 1.807) is 0 Å². The lowest BCUT2D eigenvalue weighted by atomic mass is 9.89. The maximum Gasteiger partial charge on any atom is 0.0338 e. The molecule has 1 aromatic carbocycles. The van der Waals surface area contributed by atoms with Gasteiger partial charge in [0.2, 0.25) is 0 Å². The van der Waals surface area contributed by atoms with Crippen molar-refractivity contribution in [2.45, 2.75) is 26.3 Å². The summed E-state index contributed by atoms with van der Waals surface area (Å²) in [5.74, 6) is 0.385. The summed E-state index contributed by atoms with van der Waals surface area (Å²) >= 11 is 0. The van der Waals surface area contributed by atoms with Gasteiger partial charge < -0.3 is 11.5 Å². The topological polar surface area (TPSA) is 52.0 Å². The van der Waals surface area contributed by atoms with E-state index in [2.05, 4.69) is 26.0 Å². The van der Waals surface area contributed by atoms with E-state index in [9.17, 15) is 0 Å². The molecule has 0 bridgehead atoms. The summed E-state index contributed by atoms with van der Waals surface area (Å²) < 4.78 is 0. The summed E-state index contributed by atoms with van der Waals surface area (Å²) in [5.41, 5.74) is 14.4. The van der Waals surface area contributed by atoms with Crippen molar-refractivity contribution in [2.75, 3.05) is 6.54 Å². The Balaban J connectivity index is 2.88. The Hall–Kier alpha value is -0.860. The van der Waals surface area contributed by atoms with Gasteiger partial charge >= 0.3 is 0 Å². The summed E-state index contributed by atoms with van der Waals surface area (Å²) in [4.78, 5) is 0. The second-order valence-corrected chi connectivity index (χ2v) is 3.79. The van der Waals surface area contributed by atoms with Crippen LogP contribution in [-0.2, 0) is 0 Å². The van der Waals surface area contributed by atoms with Gasteiger partial charge in [-0.25, -0.2) is 0 Å². The number of hydrogen-bond acceptors (Lipinski definition) is 2. The predicted molar refractivity (Wildman–Crippen MR) is 60.9 cm³/mol. The molecule has 2 heteroatoms. The number of benzene rings is 1. The zero-order valence-electron chi connectivity index (χ0n) is 9.03. The first-order valence-corrected chi connectivity index (χ1v) is 5.21. The third-order valence-electron chi connectivity index (χ3n) is 2.88. The summed E-state index contributed by atoms with van der Waals surface area (Å²) in [6, 6.07) is 8.34. The molecule has 1 aromatic rings. The van der Waals surface area contributed by atoms with Crippen molar-refractivity contribution < 1.29 is 0 Å². The van der Waals surface area contributed by atoms with Crippen molar-refractivity contribution in [3.05, 3.63) is 35.4 Å². The molecule has 14 heavy (non-hydrogen) atoms. The molecule has 2 nitrogen and oxygen atoms in total. The molecule has 0 radical (unpaired) electrons. The van der Waals surface area contributed by atoms with Crippen molar-refractivity contribution in [3.8, 4) is 0 Å². The second-order valence-electron chi connectivity index (χ2n) is 3.79. The van der Waals surface area contributed by atoms with Gasteiger partial charge in [-0.2, -0.15) is 0 Å². The Morgan fingerprint density at radius 3 is 2.43 bits per heavy atom. The standard InChI is InChI=1S/C12H20N2/c1-3-10(8-13)12(14)11-7-5-4-6-9(11)2/h4-7,10,12H,3,8,13-14H2,1-2H3. The van der Waals surface area contributed by atoms with Gasteiger partial charge in [-0.3, -0.25) is 0 Å². The maximum atomic E-state index is 6.18. The quantitative estimate of drug-likeness (QED) is 0.766. The highest BCUT2D eigenvalue weighted by Crippen LogP contribution is 2.23. The second kappa shape index (κ2) is 5.13. The zero-order valence-corrected chi connectivity index (χ0v) is 9.03. The molecule has 4 N–H and O–H groups in total. The highest BCUT2D eigenvalue weighted by Gasteiger charge is 2.17. The highest BCUT2D eigenvalue weighted by atomic mass is 14.7. The maximum absolute atomic E-state index is 6.18. The molecular formula is C12H20N2. The summed E-state index contributed by atoms with van der Waals surface area (Å²) in [6.45, 7) is 4.89. The summed E-state index contributed by atoms with van der Waals surface area (Å²) in [6.07, 6.45) is 1.03. The normalized spacial score (nSPS) is 15.1. The van der Waals surface area contributed by atoms with Gasteiger partial charge in [0.25, 0.3) is 0 Å². The summed E-state index contributed by atoms with van der Waals surface area (Å²) in [7, 11) is 0.